The van der Waals surface area contributed by atoms with Gasteiger partial charge in [-0.05, 0) is 44.7 Å². The van der Waals surface area contributed by atoms with Crippen molar-refractivity contribution in [1.82, 2.24) is 14.9 Å². The molecule has 1 heterocycles. The molecule has 1 unspecified atom stereocenters. The molecule has 0 amide bonds. The molecule has 3 aromatic rings. The first kappa shape index (κ1) is 14.5. The first-order valence-electron chi connectivity index (χ1n) is 7.38. The van der Waals surface area contributed by atoms with Crippen LogP contribution in [-0.2, 0) is 0 Å². The molecule has 22 heavy (non-hydrogen) atoms. The summed E-state index contributed by atoms with van der Waals surface area (Å²) < 4.78 is 1.70. The van der Waals surface area contributed by atoms with Gasteiger partial charge in [0, 0.05) is 0 Å². The number of nitrogens with one attached hydrogen (secondary N) is 1. The van der Waals surface area contributed by atoms with Crippen LogP contribution in [0.3, 0.4) is 0 Å². The summed E-state index contributed by atoms with van der Waals surface area (Å²) in [5, 5.41) is 3.85. The number of aryl methyl sites for hydroxylation is 1. The standard InChI is InChI=1S/C18H19N3O/c1-12-8-7-11-15-16(12)18(22)21(14-9-5-4-6-10-14)17(20-15)13(2)19-3/h4-11,13,19H,1-3H3. The van der Waals surface area contributed by atoms with Gasteiger partial charge in [0.2, 0.25) is 0 Å². The van der Waals surface area contributed by atoms with E-state index in [1.54, 1.807) is 4.57 Å². The molecule has 1 atom stereocenters. The molecule has 112 valence electrons. The van der Waals surface area contributed by atoms with Crippen LogP contribution in [0, 0.1) is 6.92 Å². The molecule has 4 heteroatoms. The molecule has 2 aromatic carbocycles. The highest BCUT2D eigenvalue weighted by molar-refractivity contribution is 5.81. The average Bonchev–Trinajstić information content (AvgIpc) is 2.54. The van der Waals surface area contributed by atoms with E-state index in [4.69, 9.17) is 4.98 Å². The molecule has 0 bridgehead atoms. The summed E-state index contributed by atoms with van der Waals surface area (Å²) >= 11 is 0. The molecule has 0 saturated carbocycles. The van der Waals surface area contributed by atoms with Crippen LogP contribution in [0.25, 0.3) is 16.6 Å². The van der Waals surface area contributed by atoms with Crippen molar-refractivity contribution in [2.24, 2.45) is 0 Å². The molecule has 0 saturated heterocycles. The maximum atomic E-state index is 13.1. The predicted octanol–water partition coefficient (Wildman–Crippen LogP) is 2.97. The number of nitrogens with zero attached hydrogens (tertiary/aromatic N) is 2. The molecule has 0 spiro atoms. The van der Waals surface area contributed by atoms with Crippen LogP contribution in [0.1, 0.15) is 24.4 Å². The lowest BCUT2D eigenvalue weighted by Crippen LogP contribution is -2.29. The molecule has 3 rings (SSSR count). The normalized spacial score (nSPS) is 12.5. The number of hydrogen-bond donors (Lipinski definition) is 1. The maximum absolute atomic E-state index is 13.1. The summed E-state index contributed by atoms with van der Waals surface area (Å²) in [6.07, 6.45) is 0. The van der Waals surface area contributed by atoms with E-state index in [2.05, 4.69) is 5.32 Å². The van der Waals surface area contributed by atoms with Crippen LogP contribution in [0.15, 0.2) is 53.3 Å². The van der Waals surface area contributed by atoms with E-state index in [0.29, 0.717) is 5.39 Å². The van der Waals surface area contributed by atoms with E-state index in [0.717, 1.165) is 22.6 Å². The molecule has 4 nitrogen and oxygen atoms in total. The summed E-state index contributed by atoms with van der Waals surface area (Å²) in [4.78, 5) is 17.8. The molecule has 1 N–H and O–H groups in total. The van der Waals surface area contributed by atoms with Crippen molar-refractivity contribution in [2.45, 2.75) is 19.9 Å². The van der Waals surface area contributed by atoms with Crippen LogP contribution < -0.4 is 10.9 Å². The van der Waals surface area contributed by atoms with Crippen LogP contribution in [-0.4, -0.2) is 16.6 Å². The second-order valence-electron chi connectivity index (χ2n) is 5.43. The van der Waals surface area contributed by atoms with Gasteiger partial charge in [-0.3, -0.25) is 9.36 Å². The van der Waals surface area contributed by atoms with Crippen molar-refractivity contribution in [3.8, 4) is 5.69 Å². The summed E-state index contributed by atoms with van der Waals surface area (Å²) in [7, 11) is 1.87. The summed E-state index contributed by atoms with van der Waals surface area (Å²) in [6, 6.07) is 15.4. The maximum Gasteiger partial charge on any atom is 0.266 e. The number of hydrogen-bond acceptors (Lipinski definition) is 3. The smallest absolute Gasteiger partial charge is 0.266 e. The van der Waals surface area contributed by atoms with Gasteiger partial charge in [-0.2, -0.15) is 0 Å². The Labute approximate surface area is 129 Å². The number of benzene rings is 2. The average molecular weight is 293 g/mol. The lowest BCUT2D eigenvalue weighted by molar-refractivity contribution is 0.589. The van der Waals surface area contributed by atoms with Crippen LogP contribution in [0.2, 0.25) is 0 Å². The minimum Gasteiger partial charge on any atom is -0.311 e. The lowest BCUT2D eigenvalue weighted by atomic mass is 10.1. The van der Waals surface area contributed by atoms with Crippen molar-refractivity contribution in [3.05, 3.63) is 70.3 Å². The Kier molecular flexibility index (Phi) is 3.77. The highest BCUT2D eigenvalue weighted by Crippen LogP contribution is 2.19. The summed E-state index contributed by atoms with van der Waals surface area (Å²) in [6.45, 7) is 3.95. The van der Waals surface area contributed by atoms with Crippen LogP contribution >= 0.6 is 0 Å². The van der Waals surface area contributed by atoms with Crippen molar-refractivity contribution < 1.29 is 0 Å². The predicted molar refractivity (Wildman–Crippen MR) is 89.6 cm³/mol. The van der Waals surface area contributed by atoms with Crippen molar-refractivity contribution in [1.29, 1.82) is 0 Å². The fraction of sp³-hybridized carbons (Fsp3) is 0.222. The van der Waals surface area contributed by atoms with Gasteiger partial charge in [0.15, 0.2) is 0 Å². The van der Waals surface area contributed by atoms with E-state index < -0.39 is 0 Å². The first-order chi connectivity index (χ1) is 10.6. The van der Waals surface area contributed by atoms with Gasteiger partial charge >= 0.3 is 0 Å². The molecule has 0 aliphatic carbocycles. The molecular weight excluding hydrogens is 274 g/mol. The Hall–Kier alpha value is -2.46. The molecular formula is C18H19N3O. The summed E-state index contributed by atoms with van der Waals surface area (Å²) in [5.74, 6) is 0.719. The zero-order valence-corrected chi connectivity index (χ0v) is 13.0. The van der Waals surface area contributed by atoms with E-state index in [-0.39, 0.29) is 11.6 Å². The van der Waals surface area contributed by atoms with Gasteiger partial charge in [-0.15, -0.1) is 0 Å². The Morgan fingerprint density at radius 2 is 1.82 bits per heavy atom. The highest BCUT2D eigenvalue weighted by atomic mass is 16.1. The van der Waals surface area contributed by atoms with Crippen molar-refractivity contribution >= 4 is 10.9 Å². The van der Waals surface area contributed by atoms with Gasteiger partial charge in [0.05, 0.1) is 22.6 Å². The van der Waals surface area contributed by atoms with Gasteiger partial charge < -0.3 is 5.32 Å². The second kappa shape index (κ2) is 5.73. The quantitative estimate of drug-likeness (QED) is 0.807. The van der Waals surface area contributed by atoms with Gasteiger partial charge in [0.25, 0.3) is 5.56 Å². The molecule has 0 fully saturated rings. The fourth-order valence-corrected chi connectivity index (χ4v) is 2.66. The molecule has 1 aromatic heterocycles. The molecule has 0 aliphatic heterocycles. The second-order valence-corrected chi connectivity index (χ2v) is 5.43. The molecule has 0 aliphatic rings. The van der Waals surface area contributed by atoms with Crippen LogP contribution in [0.4, 0.5) is 0 Å². The Bertz CT molecular complexity index is 869. The fourth-order valence-electron chi connectivity index (χ4n) is 2.66. The molecule has 0 radical (unpaired) electrons. The Morgan fingerprint density at radius 3 is 2.50 bits per heavy atom. The van der Waals surface area contributed by atoms with E-state index in [1.165, 1.54) is 0 Å². The van der Waals surface area contributed by atoms with Gasteiger partial charge in [-0.25, -0.2) is 4.98 Å². The zero-order chi connectivity index (χ0) is 15.7. The van der Waals surface area contributed by atoms with Gasteiger partial charge in [0.1, 0.15) is 5.82 Å². The minimum absolute atomic E-state index is 0.0219. The number of aromatic nitrogens is 2. The number of para-hydroxylation sites is 1. The Morgan fingerprint density at radius 1 is 1.09 bits per heavy atom. The minimum atomic E-state index is -0.0298. The summed E-state index contributed by atoms with van der Waals surface area (Å²) in [5.41, 5.74) is 2.51. The third-order valence-corrected chi connectivity index (χ3v) is 3.97. The largest absolute Gasteiger partial charge is 0.311 e. The number of fused-ring (bicyclic) bond motifs is 1. The zero-order valence-electron chi connectivity index (χ0n) is 13.0. The first-order valence-corrected chi connectivity index (χ1v) is 7.38. The van der Waals surface area contributed by atoms with E-state index in [1.807, 2.05) is 69.4 Å². The van der Waals surface area contributed by atoms with E-state index >= 15 is 0 Å². The third kappa shape index (κ3) is 2.31. The SMILES string of the molecule is CNC(C)c1nc2cccc(C)c2c(=O)n1-c1ccccc1. The monoisotopic (exact) mass is 293 g/mol. The van der Waals surface area contributed by atoms with Crippen molar-refractivity contribution in [2.75, 3.05) is 7.05 Å². The third-order valence-electron chi connectivity index (χ3n) is 3.97. The lowest BCUT2D eigenvalue weighted by Gasteiger charge is -2.18. The highest BCUT2D eigenvalue weighted by Gasteiger charge is 2.17. The topological polar surface area (TPSA) is 46.9 Å². The van der Waals surface area contributed by atoms with Gasteiger partial charge in [-0.1, -0.05) is 30.3 Å². The van der Waals surface area contributed by atoms with Crippen molar-refractivity contribution in [3.63, 3.8) is 0 Å². The van der Waals surface area contributed by atoms with E-state index in [9.17, 15) is 4.79 Å². The Balaban J connectivity index is 2.44. The van der Waals surface area contributed by atoms with Crippen LogP contribution in [0.5, 0.6) is 0 Å². The number of rotatable bonds is 3.